The van der Waals surface area contributed by atoms with Crippen molar-refractivity contribution in [1.82, 2.24) is 29.1 Å². The summed E-state index contributed by atoms with van der Waals surface area (Å²) in [5, 5.41) is 4.45. The van der Waals surface area contributed by atoms with E-state index < -0.39 is 0 Å². The lowest BCUT2D eigenvalue weighted by molar-refractivity contribution is 0.547. The fourth-order valence-corrected chi connectivity index (χ4v) is 6.95. The smallest absolute Gasteiger partial charge is 0.149 e. The molecule has 0 fully saturated rings. The maximum atomic E-state index is 5.10. The van der Waals surface area contributed by atoms with Gasteiger partial charge >= 0.3 is 0 Å². The predicted molar refractivity (Wildman–Crippen MR) is 202 cm³/mol. The zero-order chi connectivity index (χ0) is 34.3. The first-order valence-electron chi connectivity index (χ1n) is 17.1. The van der Waals surface area contributed by atoms with Crippen LogP contribution in [0.15, 0.2) is 109 Å². The Labute approximate surface area is 287 Å². The van der Waals surface area contributed by atoms with Crippen LogP contribution in [0.2, 0.25) is 0 Å². The largest absolute Gasteiger partial charge is 0.294 e. The fraction of sp³-hybridized carbons (Fsp3) is 0.256. The second-order valence-corrected chi connectivity index (χ2v) is 15.8. The van der Waals surface area contributed by atoms with Gasteiger partial charge in [0.15, 0.2) is 0 Å². The standard InChI is InChI=1S/C43H42N6/c1-41(2,3)39-44-25-33-31-13-9-11-15-35(31)48(37(33)46-39)29-21-17-27(18-22-29)43(7,8)28-19-23-30(24-20-28)49-36-16-12-10-14-32(36)34-26-45-40(42(4,5)6)47-38(34)49/h9-26H,1-8H3. The van der Waals surface area contributed by atoms with Crippen molar-refractivity contribution in [3.8, 4) is 11.4 Å². The van der Waals surface area contributed by atoms with Crippen LogP contribution in [-0.2, 0) is 16.2 Å². The van der Waals surface area contributed by atoms with Gasteiger partial charge in [-0.15, -0.1) is 0 Å². The molecule has 0 spiro atoms. The molecule has 0 aliphatic rings. The maximum absolute atomic E-state index is 5.10. The molecular weight excluding hydrogens is 601 g/mol. The third kappa shape index (κ3) is 5.00. The lowest BCUT2D eigenvalue weighted by Gasteiger charge is -2.27. The van der Waals surface area contributed by atoms with Gasteiger partial charge in [0.05, 0.1) is 11.0 Å². The van der Waals surface area contributed by atoms with Crippen LogP contribution < -0.4 is 0 Å². The molecule has 8 rings (SSSR count). The van der Waals surface area contributed by atoms with Gasteiger partial charge in [-0.1, -0.05) is 116 Å². The van der Waals surface area contributed by atoms with Crippen LogP contribution in [0.3, 0.4) is 0 Å². The van der Waals surface area contributed by atoms with Crippen molar-refractivity contribution in [3.63, 3.8) is 0 Å². The third-order valence-electron chi connectivity index (χ3n) is 9.87. The molecule has 6 nitrogen and oxygen atoms in total. The predicted octanol–water partition coefficient (Wildman–Crippen LogP) is 10.4. The number of aromatic nitrogens is 6. The van der Waals surface area contributed by atoms with Gasteiger partial charge in [0.25, 0.3) is 0 Å². The van der Waals surface area contributed by atoms with Crippen molar-refractivity contribution >= 4 is 43.9 Å². The van der Waals surface area contributed by atoms with Gasteiger partial charge in [0.2, 0.25) is 0 Å². The van der Waals surface area contributed by atoms with E-state index in [1.807, 2.05) is 12.4 Å². The molecule has 0 atom stereocenters. The van der Waals surface area contributed by atoms with E-state index in [0.29, 0.717) is 0 Å². The summed E-state index contributed by atoms with van der Waals surface area (Å²) in [6.07, 6.45) is 3.97. The van der Waals surface area contributed by atoms with Crippen molar-refractivity contribution in [3.05, 3.63) is 132 Å². The Morgan fingerprint density at radius 3 is 1.16 bits per heavy atom. The van der Waals surface area contributed by atoms with E-state index in [-0.39, 0.29) is 16.2 Å². The minimum atomic E-state index is -0.220. The van der Waals surface area contributed by atoms with Gasteiger partial charge in [-0.25, -0.2) is 19.9 Å². The van der Waals surface area contributed by atoms with Crippen LogP contribution in [0, 0.1) is 0 Å². The van der Waals surface area contributed by atoms with E-state index in [1.54, 1.807) is 0 Å². The molecule has 0 aliphatic heterocycles. The monoisotopic (exact) mass is 642 g/mol. The molecule has 0 amide bonds. The first-order chi connectivity index (χ1) is 23.3. The summed E-state index contributed by atoms with van der Waals surface area (Å²) in [6, 6.07) is 34.9. The summed E-state index contributed by atoms with van der Waals surface area (Å²) in [5.41, 5.74) is 8.28. The molecule has 244 valence electrons. The van der Waals surface area contributed by atoms with E-state index in [4.69, 9.17) is 19.9 Å². The topological polar surface area (TPSA) is 61.4 Å². The van der Waals surface area contributed by atoms with Gasteiger partial charge in [0, 0.05) is 61.6 Å². The highest BCUT2D eigenvalue weighted by atomic mass is 15.1. The number of fused-ring (bicyclic) bond motifs is 6. The number of rotatable bonds is 4. The highest BCUT2D eigenvalue weighted by Crippen LogP contribution is 2.37. The minimum Gasteiger partial charge on any atom is -0.294 e. The summed E-state index contributed by atoms with van der Waals surface area (Å²) in [7, 11) is 0. The second kappa shape index (κ2) is 10.8. The van der Waals surface area contributed by atoms with Gasteiger partial charge in [-0.2, -0.15) is 0 Å². The number of hydrogen-bond donors (Lipinski definition) is 0. The molecule has 4 aromatic carbocycles. The van der Waals surface area contributed by atoms with Crippen LogP contribution in [0.5, 0.6) is 0 Å². The molecule has 0 saturated carbocycles. The van der Waals surface area contributed by atoms with Crippen LogP contribution >= 0.6 is 0 Å². The molecular formula is C43H42N6. The van der Waals surface area contributed by atoms with E-state index >= 15 is 0 Å². The van der Waals surface area contributed by atoms with Gasteiger partial charge in [-0.3, -0.25) is 9.13 Å². The van der Waals surface area contributed by atoms with Crippen LogP contribution in [0.1, 0.15) is 78.2 Å². The van der Waals surface area contributed by atoms with E-state index in [1.165, 1.54) is 11.1 Å². The normalized spacial score (nSPS) is 12.9. The molecule has 0 aliphatic carbocycles. The summed E-state index contributed by atoms with van der Waals surface area (Å²) >= 11 is 0. The highest BCUT2D eigenvalue weighted by Gasteiger charge is 2.26. The average molecular weight is 643 g/mol. The fourth-order valence-electron chi connectivity index (χ4n) is 6.95. The van der Waals surface area contributed by atoms with E-state index in [2.05, 4.69) is 162 Å². The Kier molecular flexibility index (Phi) is 6.84. The molecule has 0 bridgehead atoms. The molecule has 6 heteroatoms. The van der Waals surface area contributed by atoms with Crippen molar-refractivity contribution in [2.45, 2.75) is 71.6 Å². The third-order valence-corrected chi connectivity index (χ3v) is 9.87. The Morgan fingerprint density at radius 1 is 0.429 bits per heavy atom. The van der Waals surface area contributed by atoms with Crippen molar-refractivity contribution < 1.29 is 0 Å². The molecule has 0 N–H and O–H groups in total. The minimum absolute atomic E-state index is 0.149. The maximum Gasteiger partial charge on any atom is 0.149 e. The number of nitrogens with zero attached hydrogens (tertiary/aromatic N) is 6. The Morgan fingerprint density at radius 2 is 0.796 bits per heavy atom. The summed E-state index contributed by atoms with van der Waals surface area (Å²) in [4.78, 5) is 19.7. The summed E-state index contributed by atoms with van der Waals surface area (Å²) in [6.45, 7) is 17.5. The number of para-hydroxylation sites is 2. The lowest BCUT2D eigenvalue weighted by atomic mass is 9.78. The molecule has 8 aromatic rings. The number of hydrogen-bond acceptors (Lipinski definition) is 4. The molecule has 4 heterocycles. The first kappa shape index (κ1) is 30.9. The average Bonchev–Trinajstić information content (AvgIpc) is 3.60. The van der Waals surface area contributed by atoms with Crippen molar-refractivity contribution in [1.29, 1.82) is 0 Å². The van der Waals surface area contributed by atoms with Crippen molar-refractivity contribution in [2.24, 2.45) is 0 Å². The zero-order valence-corrected chi connectivity index (χ0v) is 29.6. The number of benzene rings is 4. The quantitative estimate of drug-likeness (QED) is 0.192. The zero-order valence-electron chi connectivity index (χ0n) is 29.6. The highest BCUT2D eigenvalue weighted by molar-refractivity contribution is 6.08. The summed E-state index contributed by atoms with van der Waals surface area (Å²) < 4.78 is 4.54. The Bertz CT molecular complexity index is 2340. The molecule has 0 radical (unpaired) electrons. The van der Waals surface area contributed by atoms with Gasteiger partial charge in [-0.05, 0) is 47.5 Å². The van der Waals surface area contributed by atoms with Crippen LogP contribution in [0.4, 0.5) is 0 Å². The SMILES string of the molecule is CC(C)(C)c1ncc2c3ccccc3n(-c3ccc(C(C)(C)c4ccc(-n5c6ccccc6c6cnc(C(C)(C)C)nc65)cc4)cc3)c2n1. The van der Waals surface area contributed by atoms with Crippen molar-refractivity contribution in [2.75, 3.05) is 0 Å². The van der Waals surface area contributed by atoms with E-state index in [0.717, 1.165) is 66.9 Å². The molecule has 4 aromatic heterocycles. The summed E-state index contributed by atoms with van der Waals surface area (Å²) in [5.74, 6) is 1.68. The molecule has 49 heavy (non-hydrogen) atoms. The van der Waals surface area contributed by atoms with Crippen LogP contribution in [0.25, 0.3) is 55.2 Å². The van der Waals surface area contributed by atoms with Gasteiger partial charge in [0.1, 0.15) is 22.9 Å². The molecule has 0 saturated heterocycles. The first-order valence-corrected chi connectivity index (χ1v) is 17.1. The van der Waals surface area contributed by atoms with Crippen LogP contribution in [-0.4, -0.2) is 29.1 Å². The Hall–Kier alpha value is -5.36. The molecule has 0 unspecified atom stereocenters. The van der Waals surface area contributed by atoms with E-state index in [9.17, 15) is 0 Å². The lowest BCUT2D eigenvalue weighted by Crippen LogP contribution is -2.19. The van der Waals surface area contributed by atoms with Gasteiger partial charge < -0.3 is 0 Å². The second-order valence-electron chi connectivity index (χ2n) is 15.8. The Balaban J connectivity index is 1.18.